The maximum Gasteiger partial charge on any atom is 0.349 e. The van der Waals surface area contributed by atoms with Gasteiger partial charge in [0.15, 0.2) is 0 Å². The Morgan fingerprint density at radius 2 is 2.21 bits per heavy atom. The number of para-hydroxylation sites is 1. The van der Waals surface area contributed by atoms with E-state index in [9.17, 15) is 9.59 Å². The molecule has 1 aromatic carbocycles. The van der Waals surface area contributed by atoms with E-state index < -0.39 is 5.63 Å². The molecule has 1 aromatic heterocycles. The molecule has 1 amide bonds. The Bertz CT molecular complexity index is 672. The van der Waals surface area contributed by atoms with Crippen molar-refractivity contribution in [2.75, 3.05) is 13.1 Å². The van der Waals surface area contributed by atoms with E-state index in [1.807, 2.05) is 12.1 Å². The van der Waals surface area contributed by atoms with Crippen molar-refractivity contribution in [3.63, 3.8) is 0 Å². The van der Waals surface area contributed by atoms with Crippen LogP contribution in [0.5, 0.6) is 0 Å². The average Bonchev–Trinajstić information content (AvgIpc) is 2.90. The molecule has 0 spiro atoms. The molecule has 2 N–H and O–H groups in total. The van der Waals surface area contributed by atoms with E-state index in [1.165, 1.54) is 0 Å². The monoisotopic (exact) mass is 258 g/mol. The van der Waals surface area contributed by atoms with Crippen LogP contribution >= 0.6 is 0 Å². The number of carbonyl (C=O) groups excluding carboxylic acids is 1. The molecule has 2 aromatic rings. The molecular formula is C14H14N2O3. The first-order valence-corrected chi connectivity index (χ1v) is 6.28. The van der Waals surface area contributed by atoms with E-state index in [2.05, 4.69) is 10.6 Å². The number of carbonyl (C=O) groups is 1. The van der Waals surface area contributed by atoms with Gasteiger partial charge in [0.05, 0.1) is 0 Å². The van der Waals surface area contributed by atoms with Gasteiger partial charge in [0.1, 0.15) is 11.1 Å². The molecule has 1 aliphatic rings. The average molecular weight is 258 g/mol. The molecule has 1 aliphatic heterocycles. The van der Waals surface area contributed by atoms with Crippen molar-refractivity contribution in [1.82, 2.24) is 10.6 Å². The maximum absolute atomic E-state index is 12.1. The Balaban J connectivity index is 1.92. The van der Waals surface area contributed by atoms with Crippen LogP contribution in [0.1, 0.15) is 16.8 Å². The topological polar surface area (TPSA) is 71.3 Å². The van der Waals surface area contributed by atoms with Gasteiger partial charge < -0.3 is 15.1 Å². The van der Waals surface area contributed by atoms with Gasteiger partial charge in [0, 0.05) is 18.0 Å². The molecular weight excluding hydrogens is 244 g/mol. The Morgan fingerprint density at radius 3 is 3.00 bits per heavy atom. The van der Waals surface area contributed by atoms with Gasteiger partial charge in [-0.05, 0) is 25.1 Å². The van der Waals surface area contributed by atoms with Crippen LogP contribution in [-0.4, -0.2) is 25.0 Å². The predicted molar refractivity (Wildman–Crippen MR) is 71.2 cm³/mol. The second-order valence-corrected chi connectivity index (χ2v) is 4.65. The fourth-order valence-electron chi connectivity index (χ4n) is 2.26. The highest BCUT2D eigenvalue weighted by molar-refractivity contribution is 5.96. The first-order chi connectivity index (χ1) is 9.24. The lowest BCUT2D eigenvalue weighted by atomic mass is 10.1. The van der Waals surface area contributed by atoms with Crippen LogP contribution < -0.4 is 16.3 Å². The number of rotatable bonds is 2. The van der Waals surface area contributed by atoms with Crippen LogP contribution in [-0.2, 0) is 0 Å². The van der Waals surface area contributed by atoms with Crippen LogP contribution in [0, 0.1) is 0 Å². The first kappa shape index (κ1) is 11.9. The summed E-state index contributed by atoms with van der Waals surface area (Å²) in [5.74, 6) is -0.367. The second-order valence-electron chi connectivity index (χ2n) is 4.65. The van der Waals surface area contributed by atoms with Gasteiger partial charge in [0.25, 0.3) is 5.91 Å². The summed E-state index contributed by atoms with van der Waals surface area (Å²) in [6.07, 6.45) is 0.880. The largest absolute Gasteiger partial charge is 0.422 e. The fraction of sp³-hybridized carbons (Fsp3) is 0.286. The molecule has 0 bridgehead atoms. The van der Waals surface area contributed by atoms with Gasteiger partial charge in [-0.2, -0.15) is 0 Å². The minimum absolute atomic E-state index is 0.0607. The summed E-state index contributed by atoms with van der Waals surface area (Å²) in [6.45, 7) is 1.63. The molecule has 1 saturated heterocycles. The summed E-state index contributed by atoms with van der Waals surface area (Å²) in [4.78, 5) is 23.9. The van der Waals surface area contributed by atoms with E-state index in [0.29, 0.717) is 5.58 Å². The zero-order valence-corrected chi connectivity index (χ0v) is 10.3. The summed E-state index contributed by atoms with van der Waals surface area (Å²) in [7, 11) is 0. The third-order valence-corrected chi connectivity index (χ3v) is 3.28. The normalized spacial score (nSPS) is 18.6. The van der Waals surface area contributed by atoms with Gasteiger partial charge >= 0.3 is 5.63 Å². The molecule has 0 radical (unpaired) electrons. The van der Waals surface area contributed by atoms with Gasteiger partial charge in [0.2, 0.25) is 0 Å². The van der Waals surface area contributed by atoms with Crippen molar-refractivity contribution in [2.45, 2.75) is 12.5 Å². The Labute approximate surface area is 109 Å². The molecule has 0 unspecified atom stereocenters. The van der Waals surface area contributed by atoms with Crippen LogP contribution in [0.3, 0.4) is 0 Å². The van der Waals surface area contributed by atoms with E-state index in [1.54, 1.807) is 18.2 Å². The molecule has 1 atom stereocenters. The van der Waals surface area contributed by atoms with Crippen LogP contribution in [0.25, 0.3) is 11.0 Å². The highest BCUT2D eigenvalue weighted by Crippen LogP contribution is 2.12. The lowest BCUT2D eigenvalue weighted by Gasteiger charge is -2.10. The highest BCUT2D eigenvalue weighted by atomic mass is 16.4. The molecule has 19 heavy (non-hydrogen) atoms. The zero-order chi connectivity index (χ0) is 13.2. The Hall–Kier alpha value is -2.14. The minimum Gasteiger partial charge on any atom is -0.422 e. The van der Waals surface area contributed by atoms with Crippen molar-refractivity contribution in [3.8, 4) is 0 Å². The molecule has 3 rings (SSSR count). The van der Waals surface area contributed by atoms with Crippen molar-refractivity contribution in [2.24, 2.45) is 0 Å². The SMILES string of the molecule is O=C(N[C@H]1CCNC1)c1cc2ccccc2oc1=O. The van der Waals surface area contributed by atoms with Gasteiger partial charge in [-0.1, -0.05) is 18.2 Å². The number of fused-ring (bicyclic) bond motifs is 1. The molecule has 0 saturated carbocycles. The van der Waals surface area contributed by atoms with Crippen LogP contribution in [0.2, 0.25) is 0 Å². The third-order valence-electron chi connectivity index (χ3n) is 3.28. The van der Waals surface area contributed by atoms with Crippen molar-refractivity contribution >= 4 is 16.9 Å². The second kappa shape index (κ2) is 4.85. The van der Waals surface area contributed by atoms with E-state index >= 15 is 0 Å². The standard InChI is InChI=1S/C14H14N2O3/c17-13(16-10-5-6-15-8-10)11-7-9-3-1-2-4-12(9)19-14(11)18/h1-4,7,10,15H,5-6,8H2,(H,16,17)/t10-/m0/s1. The minimum atomic E-state index is -0.595. The molecule has 0 aliphatic carbocycles. The van der Waals surface area contributed by atoms with Crippen molar-refractivity contribution in [3.05, 3.63) is 46.3 Å². The number of benzene rings is 1. The molecule has 5 nitrogen and oxygen atoms in total. The van der Waals surface area contributed by atoms with E-state index in [0.717, 1.165) is 24.9 Å². The fourth-order valence-corrected chi connectivity index (χ4v) is 2.26. The van der Waals surface area contributed by atoms with E-state index in [4.69, 9.17) is 4.42 Å². The first-order valence-electron chi connectivity index (χ1n) is 6.28. The summed E-state index contributed by atoms with van der Waals surface area (Å²) < 4.78 is 5.15. The molecule has 2 heterocycles. The maximum atomic E-state index is 12.1. The Kier molecular flexibility index (Phi) is 3.05. The smallest absolute Gasteiger partial charge is 0.349 e. The Morgan fingerprint density at radius 1 is 1.37 bits per heavy atom. The number of amides is 1. The van der Waals surface area contributed by atoms with Gasteiger partial charge in [-0.25, -0.2) is 4.79 Å². The summed E-state index contributed by atoms with van der Waals surface area (Å²) in [5, 5.41) is 6.74. The summed E-state index contributed by atoms with van der Waals surface area (Å²) in [6, 6.07) is 8.81. The lowest BCUT2D eigenvalue weighted by molar-refractivity contribution is 0.0936. The van der Waals surface area contributed by atoms with Crippen LogP contribution in [0.4, 0.5) is 0 Å². The number of nitrogens with one attached hydrogen (secondary N) is 2. The molecule has 1 fully saturated rings. The summed E-state index contributed by atoms with van der Waals surface area (Å²) in [5.41, 5.74) is -0.0423. The highest BCUT2D eigenvalue weighted by Gasteiger charge is 2.20. The van der Waals surface area contributed by atoms with Gasteiger partial charge in [-0.15, -0.1) is 0 Å². The van der Waals surface area contributed by atoms with Crippen molar-refractivity contribution in [1.29, 1.82) is 0 Å². The quantitative estimate of drug-likeness (QED) is 0.785. The number of hydrogen-bond acceptors (Lipinski definition) is 4. The zero-order valence-electron chi connectivity index (χ0n) is 10.3. The van der Waals surface area contributed by atoms with Gasteiger partial charge in [-0.3, -0.25) is 4.79 Å². The predicted octanol–water partition coefficient (Wildman–Crippen LogP) is 0.885. The summed E-state index contributed by atoms with van der Waals surface area (Å²) >= 11 is 0. The molecule has 98 valence electrons. The lowest BCUT2D eigenvalue weighted by Crippen LogP contribution is -2.38. The van der Waals surface area contributed by atoms with Crippen LogP contribution in [0.15, 0.2) is 39.5 Å². The van der Waals surface area contributed by atoms with Crippen molar-refractivity contribution < 1.29 is 9.21 Å². The molecule has 5 heteroatoms. The van der Waals surface area contributed by atoms with E-state index in [-0.39, 0.29) is 17.5 Å². The third kappa shape index (κ3) is 2.37. The number of hydrogen-bond donors (Lipinski definition) is 2.